The van der Waals surface area contributed by atoms with Crippen molar-refractivity contribution in [1.29, 1.82) is 0 Å². The van der Waals surface area contributed by atoms with Gasteiger partial charge in [0.15, 0.2) is 12.6 Å². The van der Waals surface area contributed by atoms with E-state index in [2.05, 4.69) is 5.16 Å². The van der Waals surface area contributed by atoms with Crippen LogP contribution in [0.3, 0.4) is 0 Å². The van der Waals surface area contributed by atoms with Crippen LogP contribution >= 0.6 is 0 Å². The quantitative estimate of drug-likeness (QED) is 0.0711. The number of aliphatic hydroxyl groups excluding tert-OH is 3. The summed E-state index contributed by atoms with van der Waals surface area (Å²) in [5.74, 6) is -4.20. The van der Waals surface area contributed by atoms with Crippen LogP contribution in [0.4, 0.5) is 0 Å². The summed E-state index contributed by atoms with van der Waals surface area (Å²) in [7, 11) is 3.02. The van der Waals surface area contributed by atoms with E-state index in [4.69, 9.17) is 48.5 Å². The molecule has 0 aliphatic carbocycles. The van der Waals surface area contributed by atoms with Crippen LogP contribution in [-0.4, -0.2) is 156 Å². The summed E-state index contributed by atoms with van der Waals surface area (Å²) < 4.78 is 47.6. The standard InChI is InChI=1S/C39H72N2O15/c1-13-27-39(10,47)32(43)22(4)29(41-51-19-50-15-14-48-11)20(2)17-37(8,46)34(56-36-30(42)26(40)16-21(3)52-36)23(5)31(24(6)35(45)54-27)55-28-18-38(9,49-12)33(44)25(7)53-28/h20-28,30-34,36,42-44,46-47H,13-19,40H2,1-12H3/b41-29-/t20-,21-,22+,23+,24-,25+,26+,27-,28+,30-,31?,32-,33+,34-,36+,37-,38-,39-/m1/s1. The number of ether oxygens (including phenoxy) is 8. The minimum absolute atomic E-state index is 0.0496. The Morgan fingerprint density at radius 2 is 1.57 bits per heavy atom. The summed E-state index contributed by atoms with van der Waals surface area (Å²) >= 11 is 0. The zero-order valence-electron chi connectivity index (χ0n) is 35.5. The van der Waals surface area contributed by atoms with Gasteiger partial charge in [-0.25, -0.2) is 0 Å². The number of rotatable bonds is 12. The number of nitrogens with two attached hydrogens (primary N) is 1. The van der Waals surface area contributed by atoms with Gasteiger partial charge in [0.1, 0.15) is 23.9 Å². The molecular formula is C39H72N2O15. The first kappa shape index (κ1) is 48.8. The van der Waals surface area contributed by atoms with Crippen molar-refractivity contribution in [2.45, 2.75) is 179 Å². The van der Waals surface area contributed by atoms with Gasteiger partial charge in [0.25, 0.3) is 0 Å². The molecule has 0 aromatic carbocycles. The van der Waals surface area contributed by atoms with Crippen molar-refractivity contribution in [1.82, 2.24) is 0 Å². The largest absolute Gasteiger partial charge is 0.459 e. The minimum Gasteiger partial charge on any atom is -0.459 e. The lowest BCUT2D eigenvalue weighted by Gasteiger charge is -2.48. The van der Waals surface area contributed by atoms with Crippen molar-refractivity contribution in [2.24, 2.45) is 34.6 Å². The van der Waals surface area contributed by atoms with Gasteiger partial charge in [0, 0.05) is 44.4 Å². The van der Waals surface area contributed by atoms with Gasteiger partial charge < -0.3 is 74.0 Å². The number of hydrogen-bond acceptors (Lipinski definition) is 17. The van der Waals surface area contributed by atoms with Gasteiger partial charge in [-0.2, -0.15) is 0 Å². The molecule has 0 spiro atoms. The fourth-order valence-electron chi connectivity index (χ4n) is 8.48. The zero-order chi connectivity index (χ0) is 42.3. The highest BCUT2D eigenvalue weighted by atomic mass is 16.7. The number of hydrogen-bond donors (Lipinski definition) is 6. The number of carbonyl (C=O) groups excluding carboxylic acids is 1. The van der Waals surface area contributed by atoms with E-state index in [1.807, 2.05) is 0 Å². The molecule has 17 nitrogen and oxygen atoms in total. The average Bonchev–Trinajstić information content (AvgIpc) is 3.13. The third kappa shape index (κ3) is 11.6. The summed E-state index contributed by atoms with van der Waals surface area (Å²) in [6.07, 6.45) is -10.0. The Bertz CT molecular complexity index is 1260. The molecule has 1 unspecified atom stereocenters. The molecule has 3 rings (SSSR count). The SMILES string of the molecule is CC[C@H]1OC(=O)[C@H](C)C(O[C@H]2C[C@@](C)(OC)[C@@H](O)[C@H](C)O2)[C@H](C)[C@@H](O[C@@H]2O[C@H](C)C[C@H](N)[C@H]2O)[C@](C)(O)C[C@@H](C)/C(=N/OCOCCOC)[C@H](C)[C@@H](O)[C@]1(C)O. The highest BCUT2D eigenvalue weighted by molar-refractivity contribution is 5.88. The van der Waals surface area contributed by atoms with Crippen molar-refractivity contribution >= 4 is 11.7 Å². The fourth-order valence-corrected chi connectivity index (χ4v) is 8.48. The summed E-state index contributed by atoms with van der Waals surface area (Å²) in [6, 6.07) is -0.680. The van der Waals surface area contributed by atoms with Crippen molar-refractivity contribution in [3.05, 3.63) is 0 Å². The summed E-state index contributed by atoms with van der Waals surface area (Å²) in [5.41, 5.74) is 1.76. The Labute approximate surface area is 332 Å². The monoisotopic (exact) mass is 808 g/mol. The summed E-state index contributed by atoms with van der Waals surface area (Å²) in [4.78, 5) is 19.8. The van der Waals surface area contributed by atoms with Crippen LogP contribution in [0.5, 0.6) is 0 Å². The van der Waals surface area contributed by atoms with E-state index in [1.54, 1.807) is 62.3 Å². The van der Waals surface area contributed by atoms with Crippen molar-refractivity contribution in [3.63, 3.8) is 0 Å². The summed E-state index contributed by atoms with van der Waals surface area (Å²) in [6.45, 7) is 17.0. The molecular weight excluding hydrogens is 736 g/mol. The van der Waals surface area contributed by atoms with Gasteiger partial charge in [0.05, 0.1) is 66.6 Å². The van der Waals surface area contributed by atoms with Crippen LogP contribution in [0.2, 0.25) is 0 Å². The number of esters is 1. The maximum Gasteiger partial charge on any atom is 0.311 e. The van der Waals surface area contributed by atoms with Crippen LogP contribution in [0.25, 0.3) is 0 Å². The van der Waals surface area contributed by atoms with Crippen molar-refractivity contribution < 1.29 is 73.1 Å². The van der Waals surface area contributed by atoms with E-state index in [-0.39, 0.29) is 44.5 Å². The highest BCUT2D eigenvalue weighted by Gasteiger charge is 2.53. The first-order valence-electron chi connectivity index (χ1n) is 19.9. The molecule has 3 aliphatic heterocycles. The number of nitrogens with zero attached hydrogens (tertiary/aromatic N) is 1. The predicted molar refractivity (Wildman–Crippen MR) is 203 cm³/mol. The lowest BCUT2D eigenvalue weighted by molar-refractivity contribution is -0.315. The Kier molecular flexibility index (Phi) is 17.9. The van der Waals surface area contributed by atoms with Gasteiger partial charge in [-0.15, -0.1) is 0 Å². The van der Waals surface area contributed by atoms with E-state index >= 15 is 0 Å². The molecule has 0 radical (unpaired) electrons. The van der Waals surface area contributed by atoms with Gasteiger partial charge in [0.2, 0.25) is 6.79 Å². The molecule has 0 amide bonds. The molecule has 0 saturated carbocycles. The normalized spacial score (nSPS) is 46.9. The van der Waals surface area contributed by atoms with E-state index < -0.39 is 108 Å². The van der Waals surface area contributed by atoms with Crippen molar-refractivity contribution in [2.75, 3.05) is 34.2 Å². The lowest BCUT2D eigenvalue weighted by atomic mass is 9.73. The van der Waals surface area contributed by atoms with Gasteiger partial charge in [-0.1, -0.05) is 32.9 Å². The number of oxime groups is 1. The van der Waals surface area contributed by atoms with Crippen LogP contribution in [-0.2, 0) is 47.5 Å². The third-order valence-electron chi connectivity index (χ3n) is 12.0. The molecule has 328 valence electrons. The number of carbonyl (C=O) groups is 1. The van der Waals surface area contributed by atoms with E-state index in [0.717, 1.165) is 0 Å². The van der Waals surface area contributed by atoms with Crippen molar-refractivity contribution in [3.8, 4) is 0 Å². The predicted octanol–water partition coefficient (Wildman–Crippen LogP) is 1.61. The molecule has 0 aromatic rings. The molecule has 0 aromatic heterocycles. The smallest absolute Gasteiger partial charge is 0.311 e. The Hall–Kier alpha value is -1.58. The average molecular weight is 809 g/mol. The van der Waals surface area contributed by atoms with Gasteiger partial charge in [-0.3, -0.25) is 4.79 Å². The van der Waals surface area contributed by atoms with Crippen LogP contribution < -0.4 is 5.73 Å². The second-order valence-electron chi connectivity index (χ2n) is 16.9. The third-order valence-corrected chi connectivity index (χ3v) is 12.0. The molecule has 3 fully saturated rings. The second kappa shape index (κ2) is 20.6. The van der Waals surface area contributed by atoms with E-state index in [0.29, 0.717) is 13.0 Å². The number of cyclic esters (lactones) is 1. The maximum atomic E-state index is 14.2. The van der Waals surface area contributed by atoms with Crippen LogP contribution in [0.1, 0.15) is 94.9 Å². The fraction of sp³-hybridized carbons (Fsp3) is 0.949. The van der Waals surface area contributed by atoms with E-state index in [1.165, 1.54) is 21.1 Å². The minimum atomic E-state index is -1.97. The molecule has 56 heavy (non-hydrogen) atoms. The number of aliphatic hydroxyl groups is 5. The molecule has 18 atom stereocenters. The van der Waals surface area contributed by atoms with Gasteiger partial charge in [-0.05, 0) is 60.8 Å². The molecule has 7 N–H and O–H groups in total. The maximum absolute atomic E-state index is 14.2. The Balaban J connectivity index is 2.20. The first-order chi connectivity index (χ1) is 26.1. The highest BCUT2D eigenvalue weighted by Crippen LogP contribution is 2.40. The molecule has 3 heterocycles. The Morgan fingerprint density at radius 1 is 0.911 bits per heavy atom. The second-order valence-corrected chi connectivity index (χ2v) is 16.9. The lowest BCUT2D eigenvalue weighted by Crippen LogP contribution is -2.61. The molecule has 3 aliphatic rings. The zero-order valence-corrected chi connectivity index (χ0v) is 35.5. The van der Waals surface area contributed by atoms with Crippen LogP contribution in [0.15, 0.2) is 5.16 Å². The topological polar surface area (TPSA) is 240 Å². The Morgan fingerprint density at radius 3 is 2.18 bits per heavy atom. The van der Waals surface area contributed by atoms with Crippen LogP contribution in [0, 0.1) is 23.7 Å². The van der Waals surface area contributed by atoms with E-state index in [9.17, 15) is 30.3 Å². The molecule has 17 heteroatoms. The molecule has 0 bridgehead atoms. The summed E-state index contributed by atoms with van der Waals surface area (Å²) in [5, 5.41) is 62.8. The van der Waals surface area contributed by atoms with Gasteiger partial charge >= 0.3 is 5.97 Å². The molecule has 3 saturated heterocycles. The number of methoxy groups -OCH3 is 2. The first-order valence-corrected chi connectivity index (χ1v) is 19.9.